The maximum Gasteiger partial charge on any atom is 0.416 e. The molecule has 0 fully saturated rings. The number of aryl methyl sites for hydroxylation is 1. The predicted octanol–water partition coefficient (Wildman–Crippen LogP) is 7.69. The summed E-state index contributed by atoms with van der Waals surface area (Å²) in [5, 5.41) is 18.7. The smallest absolute Gasteiger partial charge is 0.416 e. The Morgan fingerprint density at radius 1 is 1.11 bits per heavy atom. The number of halogens is 3. The highest BCUT2D eigenvalue weighted by atomic mass is 32.1. The van der Waals surface area contributed by atoms with E-state index in [2.05, 4.69) is 15.2 Å². The Balaban J connectivity index is 1.61. The van der Waals surface area contributed by atoms with Gasteiger partial charge in [0, 0.05) is 16.7 Å². The average molecular weight is 502 g/mol. The molecule has 1 heterocycles. The third-order valence-electron chi connectivity index (χ3n) is 5.42. The number of hydrogen-bond acceptors (Lipinski definition) is 7. The summed E-state index contributed by atoms with van der Waals surface area (Å²) in [6, 6.07) is 8.92. The van der Waals surface area contributed by atoms with Gasteiger partial charge in [-0.25, -0.2) is 9.79 Å². The van der Waals surface area contributed by atoms with Gasteiger partial charge in [-0.15, -0.1) is 11.3 Å². The van der Waals surface area contributed by atoms with Crippen LogP contribution in [0.3, 0.4) is 0 Å². The second kappa shape index (κ2) is 10.4. The monoisotopic (exact) mass is 501 g/mol. The number of benzene rings is 2. The Morgan fingerprint density at radius 3 is 2.60 bits per heavy atom. The Hall–Kier alpha value is -3.53. The van der Waals surface area contributed by atoms with Crippen LogP contribution in [0.25, 0.3) is 0 Å². The summed E-state index contributed by atoms with van der Waals surface area (Å²) in [6.07, 6.45) is 0.693. The van der Waals surface area contributed by atoms with E-state index in [1.165, 1.54) is 47.9 Å². The van der Waals surface area contributed by atoms with Crippen LogP contribution in [0.4, 0.5) is 29.5 Å². The summed E-state index contributed by atoms with van der Waals surface area (Å²) in [6.45, 7) is 2.00. The first-order valence-corrected chi connectivity index (χ1v) is 11.9. The number of ether oxygens (including phenoxy) is 1. The first-order chi connectivity index (χ1) is 16.8. The third kappa shape index (κ3) is 5.76. The van der Waals surface area contributed by atoms with Gasteiger partial charge in [-0.1, -0.05) is 6.07 Å². The van der Waals surface area contributed by atoms with Crippen molar-refractivity contribution >= 4 is 39.9 Å². The van der Waals surface area contributed by atoms with E-state index in [4.69, 9.17) is 4.74 Å². The van der Waals surface area contributed by atoms with Crippen molar-refractivity contribution in [3.8, 4) is 5.75 Å². The van der Waals surface area contributed by atoms with Gasteiger partial charge >= 0.3 is 12.1 Å². The van der Waals surface area contributed by atoms with E-state index >= 15 is 0 Å². The average Bonchev–Trinajstić information content (AvgIpc) is 3.21. The fourth-order valence-corrected chi connectivity index (χ4v) is 4.97. The molecule has 4 rings (SSSR count). The second-order valence-corrected chi connectivity index (χ2v) is 8.94. The van der Waals surface area contributed by atoms with Crippen molar-refractivity contribution in [3.63, 3.8) is 0 Å². The molecule has 1 aliphatic carbocycles. The van der Waals surface area contributed by atoms with Crippen molar-refractivity contribution in [1.82, 2.24) is 0 Å². The van der Waals surface area contributed by atoms with E-state index < -0.39 is 17.7 Å². The maximum absolute atomic E-state index is 12.9. The molecule has 0 bridgehead atoms. The van der Waals surface area contributed by atoms with Crippen molar-refractivity contribution in [1.29, 1.82) is 0 Å². The number of carbonyl (C=O) groups is 1. The van der Waals surface area contributed by atoms with E-state index in [1.807, 2.05) is 0 Å². The Labute approximate surface area is 203 Å². The fourth-order valence-electron chi connectivity index (χ4n) is 3.75. The Kier molecular flexibility index (Phi) is 7.30. The molecule has 182 valence electrons. The highest BCUT2D eigenvalue weighted by molar-refractivity contribution is 7.16. The molecule has 35 heavy (non-hydrogen) atoms. The summed E-state index contributed by atoms with van der Waals surface area (Å²) >= 11 is 1.44. The van der Waals surface area contributed by atoms with Crippen LogP contribution in [-0.2, 0) is 23.8 Å². The zero-order valence-electron chi connectivity index (χ0n) is 18.8. The van der Waals surface area contributed by atoms with Crippen molar-refractivity contribution in [2.24, 2.45) is 15.2 Å². The number of thiophene rings is 1. The van der Waals surface area contributed by atoms with Crippen LogP contribution in [0, 0.1) is 0 Å². The zero-order chi connectivity index (χ0) is 25.0. The predicted molar refractivity (Wildman–Crippen MR) is 128 cm³/mol. The van der Waals surface area contributed by atoms with Crippen molar-refractivity contribution < 1.29 is 27.8 Å². The maximum atomic E-state index is 12.9. The molecule has 0 unspecified atom stereocenters. The van der Waals surface area contributed by atoms with Crippen LogP contribution in [-0.4, -0.2) is 23.9 Å². The van der Waals surface area contributed by atoms with Crippen molar-refractivity contribution in [2.45, 2.75) is 38.8 Å². The molecule has 0 spiro atoms. The number of azo groups is 1. The number of aromatic hydroxyl groups is 1. The lowest BCUT2D eigenvalue weighted by molar-refractivity contribution is -0.137. The van der Waals surface area contributed by atoms with Crippen molar-refractivity contribution in [2.75, 3.05) is 6.61 Å². The number of aliphatic imine (C=N–C) groups is 1. The number of esters is 1. The molecule has 1 aromatic heterocycles. The SMILES string of the molecule is CCOC(=O)c1c(N=Cc2cc(N=Nc3cccc(C(F)(F)F)c3)ccc2O)sc2c1CCCC2. The van der Waals surface area contributed by atoms with E-state index in [0.717, 1.165) is 48.3 Å². The van der Waals surface area contributed by atoms with Gasteiger partial charge in [-0.05, 0) is 74.6 Å². The summed E-state index contributed by atoms with van der Waals surface area (Å²) in [7, 11) is 0. The number of nitrogens with zero attached hydrogens (tertiary/aromatic N) is 3. The topological polar surface area (TPSA) is 83.6 Å². The lowest BCUT2D eigenvalue weighted by Gasteiger charge is -2.11. The number of carbonyl (C=O) groups excluding carboxylic acids is 1. The highest BCUT2D eigenvalue weighted by Gasteiger charge is 2.30. The molecule has 0 amide bonds. The molecule has 0 saturated carbocycles. The molecule has 0 radical (unpaired) electrons. The largest absolute Gasteiger partial charge is 0.507 e. The van der Waals surface area contributed by atoms with Crippen LogP contribution >= 0.6 is 11.3 Å². The second-order valence-electron chi connectivity index (χ2n) is 7.86. The van der Waals surface area contributed by atoms with E-state index in [-0.39, 0.29) is 18.0 Å². The fraction of sp³-hybridized carbons (Fsp3) is 0.280. The minimum Gasteiger partial charge on any atom is -0.507 e. The van der Waals surface area contributed by atoms with Gasteiger partial charge in [0.1, 0.15) is 10.8 Å². The zero-order valence-corrected chi connectivity index (χ0v) is 19.6. The molecule has 1 aliphatic rings. The summed E-state index contributed by atoms with van der Waals surface area (Å²) in [5.41, 5.74) is 1.33. The molecule has 1 N–H and O–H groups in total. The number of rotatable bonds is 6. The van der Waals surface area contributed by atoms with Gasteiger partial charge in [-0.2, -0.15) is 23.4 Å². The van der Waals surface area contributed by atoms with Crippen LogP contribution in [0.1, 0.15) is 51.7 Å². The lowest BCUT2D eigenvalue weighted by atomic mass is 9.95. The van der Waals surface area contributed by atoms with E-state index in [1.54, 1.807) is 6.92 Å². The number of phenols is 1. The standard InChI is InChI=1S/C25H22F3N3O3S/c1-2-34-24(33)22-19-8-3-4-9-21(19)35-23(22)29-14-15-12-18(10-11-20(15)32)31-30-17-7-5-6-16(13-17)25(26,27)28/h5-7,10-14,32H,2-4,8-9H2,1H3. The first kappa shape index (κ1) is 24.6. The quantitative estimate of drug-likeness (QED) is 0.213. The number of hydrogen-bond donors (Lipinski definition) is 1. The first-order valence-electron chi connectivity index (χ1n) is 11.0. The molecule has 10 heteroatoms. The highest BCUT2D eigenvalue weighted by Crippen LogP contribution is 2.40. The number of fused-ring (bicyclic) bond motifs is 1. The molecule has 0 aliphatic heterocycles. The summed E-state index contributed by atoms with van der Waals surface area (Å²) in [5.74, 6) is -0.474. The van der Waals surface area contributed by atoms with Gasteiger partial charge in [0.15, 0.2) is 0 Å². The lowest BCUT2D eigenvalue weighted by Crippen LogP contribution is -2.09. The molecule has 2 aromatic carbocycles. The molecule has 0 atom stereocenters. The van der Waals surface area contributed by atoms with Gasteiger partial charge < -0.3 is 9.84 Å². The normalized spacial score (nSPS) is 13.9. The molecular weight excluding hydrogens is 479 g/mol. The number of alkyl halides is 3. The molecule has 0 saturated heterocycles. The van der Waals surface area contributed by atoms with Crippen molar-refractivity contribution in [3.05, 3.63) is 69.6 Å². The Bertz CT molecular complexity index is 1300. The molecule has 6 nitrogen and oxygen atoms in total. The van der Waals surface area contributed by atoms with Gasteiger partial charge in [0.2, 0.25) is 0 Å². The number of phenolic OH excluding ortho intramolecular Hbond substituents is 1. The van der Waals surface area contributed by atoms with Crippen LogP contribution in [0.5, 0.6) is 5.75 Å². The third-order valence-corrected chi connectivity index (χ3v) is 6.62. The van der Waals surface area contributed by atoms with Gasteiger partial charge in [0.05, 0.1) is 29.1 Å². The van der Waals surface area contributed by atoms with E-state index in [9.17, 15) is 23.1 Å². The minimum absolute atomic E-state index is 0.0476. The van der Waals surface area contributed by atoms with Gasteiger partial charge in [0.25, 0.3) is 0 Å². The molecule has 3 aromatic rings. The minimum atomic E-state index is -4.48. The van der Waals surface area contributed by atoms with E-state index in [0.29, 0.717) is 21.8 Å². The Morgan fingerprint density at radius 2 is 1.86 bits per heavy atom. The van der Waals surface area contributed by atoms with Crippen LogP contribution in [0.15, 0.2) is 57.7 Å². The summed E-state index contributed by atoms with van der Waals surface area (Å²) < 4.78 is 44.0. The summed E-state index contributed by atoms with van der Waals surface area (Å²) in [4.78, 5) is 18.2. The molecular formula is C25H22F3N3O3S. The van der Waals surface area contributed by atoms with Gasteiger partial charge in [-0.3, -0.25) is 0 Å². The van der Waals surface area contributed by atoms with Crippen LogP contribution < -0.4 is 0 Å². The van der Waals surface area contributed by atoms with Crippen LogP contribution in [0.2, 0.25) is 0 Å².